The van der Waals surface area contributed by atoms with Crippen LogP contribution in [0, 0.1) is 0 Å². The van der Waals surface area contributed by atoms with Crippen molar-refractivity contribution in [2.24, 2.45) is 0 Å². The predicted molar refractivity (Wildman–Crippen MR) is 73.8 cm³/mol. The van der Waals surface area contributed by atoms with Gasteiger partial charge in [-0.2, -0.15) is 0 Å². The van der Waals surface area contributed by atoms with Gasteiger partial charge in [-0.15, -0.1) is 0 Å². The molecular weight excluding hydrogens is 280 g/mol. The third-order valence-corrected chi connectivity index (χ3v) is 2.98. The second-order valence-corrected chi connectivity index (χ2v) is 4.80. The highest BCUT2D eigenvalue weighted by Gasteiger charge is 2.08. The summed E-state index contributed by atoms with van der Waals surface area (Å²) in [7, 11) is 0. The summed E-state index contributed by atoms with van der Waals surface area (Å²) in [6.45, 7) is 6.81. The first kappa shape index (κ1) is 14.2. The lowest BCUT2D eigenvalue weighted by Crippen LogP contribution is -2.36. The molecule has 0 bridgehead atoms. The van der Waals surface area contributed by atoms with E-state index in [-0.39, 0.29) is 5.91 Å². The lowest BCUT2D eigenvalue weighted by atomic mass is 10.2. The lowest BCUT2D eigenvalue weighted by Gasteiger charge is -2.19. The van der Waals surface area contributed by atoms with Crippen molar-refractivity contribution in [3.05, 3.63) is 34.3 Å². The highest BCUT2D eigenvalue weighted by atomic mass is 79.9. The molecule has 0 atom stereocenters. The van der Waals surface area contributed by atoms with Gasteiger partial charge in [-0.25, -0.2) is 0 Å². The molecule has 94 valence electrons. The number of hydrogen-bond donors (Lipinski definition) is 1. The van der Waals surface area contributed by atoms with Crippen molar-refractivity contribution < 1.29 is 4.79 Å². The van der Waals surface area contributed by atoms with Gasteiger partial charge < -0.3 is 5.32 Å². The van der Waals surface area contributed by atoms with Gasteiger partial charge >= 0.3 is 0 Å². The molecule has 0 aliphatic rings. The Labute approximate surface area is 111 Å². The molecular formula is C13H19BrN2O. The molecule has 0 heterocycles. The van der Waals surface area contributed by atoms with Crippen molar-refractivity contribution in [1.82, 2.24) is 10.2 Å². The molecule has 1 amide bonds. The molecule has 0 radical (unpaired) electrons. The Balaban J connectivity index is 2.54. The topological polar surface area (TPSA) is 32.3 Å². The van der Waals surface area contributed by atoms with Crippen LogP contribution in [0.25, 0.3) is 0 Å². The fourth-order valence-electron chi connectivity index (χ4n) is 1.63. The molecule has 0 saturated heterocycles. The number of benzene rings is 1. The molecule has 0 fully saturated rings. The van der Waals surface area contributed by atoms with Gasteiger partial charge in [-0.3, -0.25) is 9.69 Å². The first-order valence-corrected chi connectivity index (χ1v) is 6.68. The number of nitrogens with one attached hydrogen (secondary N) is 1. The summed E-state index contributed by atoms with van der Waals surface area (Å²) in [6, 6.07) is 8.18. The minimum atomic E-state index is 0.0874. The standard InChI is InChI=1S/C13H19BrN2O/c1-3-15-13(17)10-16(4-2)9-11-6-5-7-12(14)8-11/h5-8H,3-4,9-10H2,1-2H3,(H,15,17). The number of carbonyl (C=O) groups excluding carboxylic acids is 1. The Bertz CT molecular complexity index is 368. The van der Waals surface area contributed by atoms with Crippen molar-refractivity contribution >= 4 is 21.8 Å². The smallest absolute Gasteiger partial charge is 0.234 e. The zero-order chi connectivity index (χ0) is 12.7. The normalized spacial score (nSPS) is 10.6. The highest BCUT2D eigenvalue weighted by molar-refractivity contribution is 9.10. The summed E-state index contributed by atoms with van der Waals surface area (Å²) >= 11 is 3.45. The zero-order valence-corrected chi connectivity index (χ0v) is 12.0. The van der Waals surface area contributed by atoms with Gasteiger partial charge in [0.05, 0.1) is 6.54 Å². The molecule has 3 nitrogen and oxygen atoms in total. The van der Waals surface area contributed by atoms with Crippen molar-refractivity contribution in [1.29, 1.82) is 0 Å². The molecule has 0 aromatic heterocycles. The molecule has 0 unspecified atom stereocenters. The van der Waals surface area contributed by atoms with E-state index in [9.17, 15) is 4.79 Å². The maximum absolute atomic E-state index is 11.5. The molecule has 0 spiro atoms. The van der Waals surface area contributed by atoms with Gasteiger partial charge in [-0.1, -0.05) is 35.0 Å². The number of nitrogens with zero attached hydrogens (tertiary/aromatic N) is 1. The summed E-state index contributed by atoms with van der Waals surface area (Å²) in [6.07, 6.45) is 0. The molecule has 1 aromatic carbocycles. The largest absolute Gasteiger partial charge is 0.355 e. The van der Waals surface area contributed by atoms with E-state index >= 15 is 0 Å². The Morgan fingerprint density at radius 2 is 2.18 bits per heavy atom. The molecule has 1 N–H and O–H groups in total. The third kappa shape index (κ3) is 5.33. The van der Waals surface area contributed by atoms with Gasteiger partial charge in [0.15, 0.2) is 0 Å². The number of amides is 1. The van der Waals surface area contributed by atoms with Crippen molar-refractivity contribution in [2.45, 2.75) is 20.4 Å². The van der Waals surface area contributed by atoms with Gasteiger partial charge in [0.1, 0.15) is 0 Å². The molecule has 1 rings (SSSR count). The van der Waals surface area contributed by atoms with Gasteiger partial charge in [0, 0.05) is 17.6 Å². The SMILES string of the molecule is CCNC(=O)CN(CC)Cc1cccc(Br)c1. The van der Waals surface area contributed by atoms with Crippen LogP contribution in [0.5, 0.6) is 0 Å². The Morgan fingerprint density at radius 3 is 2.76 bits per heavy atom. The Hall–Kier alpha value is -0.870. The van der Waals surface area contributed by atoms with E-state index in [0.717, 1.165) is 17.6 Å². The summed E-state index contributed by atoms with van der Waals surface area (Å²) in [5, 5.41) is 2.82. The number of halogens is 1. The van der Waals surface area contributed by atoms with Gasteiger partial charge in [-0.05, 0) is 31.2 Å². The maximum Gasteiger partial charge on any atom is 0.234 e. The fourth-order valence-corrected chi connectivity index (χ4v) is 2.08. The van der Waals surface area contributed by atoms with Crippen LogP contribution in [0.3, 0.4) is 0 Å². The van der Waals surface area contributed by atoms with Crippen molar-refractivity contribution in [2.75, 3.05) is 19.6 Å². The van der Waals surface area contributed by atoms with Crippen LogP contribution in [0.2, 0.25) is 0 Å². The van der Waals surface area contributed by atoms with E-state index in [1.807, 2.05) is 19.1 Å². The van der Waals surface area contributed by atoms with Crippen molar-refractivity contribution in [3.63, 3.8) is 0 Å². The number of carbonyl (C=O) groups is 1. The molecule has 0 saturated carbocycles. The monoisotopic (exact) mass is 298 g/mol. The van der Waals surface area contributed by atoms with E-state index in [4.69, 9.17) is 0 Å². The molecule has 1 aromatic rings. The van der Waals surface area contributed by atoms with E-state index in [0.29, 0.717) is 13.1 Å². The van der Waals surface area contributed by atoms with Crippen LogP contribution in [0.1, 0.15) is 19.4 Å². The summed E-state index contributed by atoms with van der Waals surface area (Å²) in [4.78, 5) is 13.6. The number of rotatable bonds is 6. The average Bonchev–Trinajstić information content (AvgIpc) is 2.28. The van der Waals surface area contributed by atoms with E-state index in [1.54, 1.807) is 0 Å². The number of likely N-dealkylation sites (N-methyl/N-ethyl adjacent to an activating group) is 2. The maximum atomic E-state index is 11.5. The van der Waals surface area contributed by atoms with Gasteiger partial charge in [0.25, 0.3) is 0 Å². The van der Waals surface area contributed by atoms with E-state index < -0.39 is 0 Å². The Kier molecular flexibility index (Phi) is 6.22. The van der Waals surface area contributed by atoms with E-state index in [2.05, 4.69) is 45.2 Å². The van der Waals surface area contributed by atoms with E-state index in [1.165, 1.54) is 5.56 Å². The third-order valence-electron chi connectivity index (χ3n) is 2.48. The first-order chi connectivity index (χ1) is 8.15. The summed E-state index contributed by atoms with van der Waals surface area (Å²) in [5.41, 5.74) is 1.21. The summed E-state index contributed by atoms with van der Waals surface area (Å²) < 4.78 is 1.07. The second-order valence-electron chi connectivity index (χ2n) is 3.89. The minimum absolute atomic E-state index is 0.0874. The minimum Gasteiger partial charge on any atom is -0.355 e. The van der Waals surface area contributed by atoms with Crippen LogP contribution in [-0.4, -0.2) is 30.4 Å². The molecule has 0 aliphatic carbocycles. The Morgan fingerprint density at radius 1 is 1.41 bits per heavy atom. The molecule has 4 heteroatoms. The lowest BCUT2D eigenvalue weighted by molar-refractivity contribution is -0.122. The molecule has 17 heavy (non-hydrogen) atoms. The van der Waals surface area contributed by atoms with Crippen LogP contribution < -0.4 is 5.32 Å². The fraction of sp³-hybridized carbons (Fsp3) is 0.462. The first-order valence-electron chi connectivity index (χ1n) is 5.89. The average molecular weight is 299 g/mol. The van der Waals surface area contributed by atoms with Crippen LogP contribution in [0.4, 0.5) is 0 Å². The number of hydrogen-bond acceptors (Lipinski definition) is 2. The summed E-state index contributed by atoms with van der Waals surface area (Å²) in [5.74, 6) is 0.0874. The van der Waals surface area contributed by atoms with Crippen LogP contribution in [0.15, 0.2) is 28.7 Å². The second kappa shape index (κ2) is 7.45. The zero-order valence-electron chi connectivity index (χ0n) is 10.4. The van der Waals surface area contributed by atoms with Gasteiger partial charge in [0.2, 0.25) is 5.91 Å². The highest BCUT2D eigenvalue weighted by Crippen LogP contribution is 2.13. The quantitative estimate of drug-likeness (QED) is 0.875. The van der Waals surface area contributed by atoms with Crippen LogP contribution in [-0.2, 0) is 11.3 Å². The predicted octanol–water partition coefficient (Wildman–Crippen LogP) is 2.41. The van der Waals surface area contributed by atoms with Crippen molar-refractivity contribution in [3.8, 4) is 0 Å². The molecule has 0 aliphatic heterocycles. The van der Waals surface area contributed by atoms with Crippen LogP contribution >= 0.6 is 15.9 Å².